The maximum Gasteiger partial charge on any atom is 0.191 e. The SMILES string of the molecule is CCCCN(C)CCNC(=NC)NC1CCOc2ccccc21. The Morgan fingerprint density at radius 1 is 1.35 bits per heavy atom. The summed E-state index contributed by atoms with van der Waals surface area (Å²) in [5, 5.41) is 6.93. The smallest absolute Gasteiger partial charge is 0.191 e. The number of hydrogen-bond donors (Lipinski definition) is 2. The number of fused-ring (bicyclic) bond motifs is 1. The van der Waals surface area contributed by atoms with Gasteiger partial charge in [0.15, 0.2) is 5.96 Å². The van der Waals surface area contributed by atoms with Crippen molar-refractivity contribution in [3.05, 3.63) is 29.8 Å². The lowest BCUT2D eigenvalue weighted by atomic mass is 10.0. The number of para-hydroxylation sites is 1. The summed E-state index contributed by atoms with van der Waals surface area (Å²) in [5.41, 5.74) is 1.21. The number of hydrogen-bond acceptors (Lipinski definition) is 3. The third kappa shape index (κ3) is 5.43. The molecular weight excluding hydrogens is 288 g/mol. The maximum absolute atomic E-state index is 5.71. The van der Waals surface area contributed by atoms with Crippen molar-refractivity contribution in [3.63, 3.8) is 0 Å². The van der Waals surface area contributed by atoms with Crippen LogP contribution in [-0.2, 0) is 0 Å². The second-order valence-corrected chi connectivity index (χ2v) is 6.03. The normalized spacial score (nSPS) is 17.6. The van der Waals surface area contributed by atoms with Crippen LogP contribution in [0.3, 0.4) is 0 Å². The Hall–Kier alpha value is -1.75. The summed E-state index contributed by atoms with van der Waals surface area (Å²) in [4.78, 5) is 6.70. The van der Waals surface area contributed by atoms with Crippen molar-refractivity contribution in [2.75, 3.05) is 40.3 Å². The fraction of sp³-hybridized carbons (Fsp3) is 0.611. The van der Waals surface area contributed by atoms with Gasteiger partial charge >= 0.3 is 0 Å². The molecule has 0 radical (unpaired) electrons. The molecule has 1 aromatic carbocycles. The summed E-state index contributed by atoms with van der Waals surface area (Å²) < 4.78 is 5.71. The van der Waals surface area contributed by atoms with E-state index in [-0.39, 0.29) is 6.04 Å². The molecule has 1 aliphatic heterocycles. The Bertz CT molecular complexity index is 504. The topological polar surface area (TPSA) is 48.9 Å². The van der Waals surface area contributed by atoms with Crippen molar-refractivity contribution < 1.29 is 4.74 Å². The maximum atomic E-state index is 5.71. The number of nitrogens with zero attached hydrogens (tertiary/aromatic N) is 2. The van der Waals surface area contributed by atoms with Crippen molar-refractivity contribution in [1.29, 1.82) is 0 Å². The van der Waals surface area contributed by atoms with Gasteiger partial charge in [-0.1, -0.05) is 31.5 Å². The van der Waals surface area contributed by atoms with Crippen LogP contribution in [-0.4, -0.2) is 51.2 Å². The Morgan fingerprint density at radius 3 is 2.96 bits per heavy atom. The van der Waals surface area contributed by atoms with E-state index < -0.39 is 0 Å². The van der Waals surface area contributed by atoms with Gasteiger partial charge in [0.25, 0.3) is 0 Å². The highest BCUT2D eigenvalue weighted by molar-refractivity contribution is 5.80. The molecule has 5 heteroatoms. The Labute approximate surface area is 140 Å². The molecule has 0 aliphatic carbocycles. The van der Waals surface area contributed by atoms with Crippen LogP contribution in [0.25, 0.3) is 0 Å². The number of ether oxygens (including phenoxy) is 1. The standard InChI is InChI=1S/C18H30N4O/c1-4-5-12-22(3)13-11-20-18(19-2)21-16-10-14-23-17-9-7-6-8-15(16)17/h6-9,16H,4-5,10-14H2,1-3H3,(H2,19,20,21). The minimum Gasteiger partial charge on any atom is -0.493 e. The number of likely N-dealkylation sites (N-methyl/N-ethyl adjacent to an activating group) is 1. The lowest BCUT2D eigenvalue weighted by Crippen LogP contribution is -2.43. The van der Waals surface area contributed by atoms with Gasteiger partial charge in [-0.05, 0) is 26.1 Å². The van der Waals surface area contributed by atoms with Crippen LogP contribution >= 0.6 is 0 Å². The van der Waals surface area contributed by atoms with Gasteiger partial charge in [0.1, 0.15) is 5.75 Å². The molecule has 1 aromatic rings. The molecule has 0 aromatic heterocycles. The average molecular weight is 318 g/mol. The Balaban J connectivity index is 1.82. The van der Waals surface area contributed by atoms with Gasteiger partial charge in [-0.25, -0.2) is 0 Å². The lowest BCUT2D eigenvalue weighted by Gasteiger charge is -2.28. The molecule has 1 heterocycles. The summed E-state index contributed by atoms with van der Waals surface area (Å²) in [6.07, 6.45) is 3.45. The molecule has 2 N–H and O–H groups in total. The van der Waals surface area contributed by atoms with Crippen LogP contribution in [0.15, 0.2) is 29.3 Å². The van der Waals surface area contributed by atoms with Crippen LogP contribution in [0.4, 0.5) is 0 Å². The van der Waals surface area contributed by atoms with E-state index in [2.05, 4.69) is 46.6 Å². The fourth-order valence-corrected chi connectivity index (χ4v) is 2.76. The summed E-state index contributed by atoms with van der Waals surface area (Å²) in [6, 6.07) is 8.48. The summed E-state index contributed by atoms with van der Waals surface area (Å²) in [7, 11) is 3.99. The number of guanidine groups is 1. The fourth-order valence-electron chi connectivity index (χ4n) is 2.76. The van der Waals surface area contributed by atoms with E-state index in [9.17, 15) is 0 Å². The molecule has 1 unspecified atom stereocenters. The van der Waals surface area contributed by atoms with Crippen molar-refractivity contribution >= 4 is 5.96 Å². The Kier molecular flexibility index (Phi) is 7.20. The van der Waals surface area contributed by atoms with E-state index in [0.717, 1.165) is 44.4 Å². The molecule has 0 amide bonds. The van der Waals surface area contributed by atoms with E-state index in [1.807, 2.05) is 19.2 Å². The predicted octanol–water partition coefficient (Wildman–Crippen LogP) is 2.41. The predicted molar refractivity (Wildman–Crippen MR) is 96.2 cm³/mol. The zero-order valence-electron chi connectivity index (χ0n) is 14.6. The third-order valence-electron chi connectivity index (χ3n) is 4.17. The molecule has 0 saturated heterocycles. The molecule has 0 bridgehead atoms. The highest BCUT2D eigenvalue weighted by Crippen LogP contribution is 2.31. The van der Waals surface area contributed by atoms with Crippen LogP contribution in [0.5, 0.6) is 5.75 Å². The first-order valence-electron chi connectivity index (χ1n) is 8.62. The van der Waals surface area contributed by atoms with Crippen LogP contribution in [0.2, 0.25) is 0 Å². The lowest BCUT2D eigenvalue weighted by molar-refractivity contribution is 0.261. The van der Waals surface area contributed by atoms with Gasteiger partial charge in [0.05, 0.1) is 12.6 Å². The van der Waals surface area contributed by atoms with Gasteiger partial charge in [-0.15, -0.1) is 0 Å². The molecule has 1 atom stereocenters. The zero-order chi connectivity index (χ0) is 16.5. The molecule has 5 nitrogen and oxygen atoms in total. The van der Waals surface area contributed by atoms with E-state index >= 15 is 0 Å². The first-order valence-corrected chi connectivity index (χ1v) is 8.62. The minimum absolute atomic E-state index is 0.254. The van der Waals surface area contributed by atoms with E-state index in [1.165, 1.54) is 18.4 Å². The number of rotatable bonds is 7. The van der Waals surface area contributed by atoms with Gasteiger partial charge in [0, 0.05) is 32.1 Å². The molecule has 0 fully saturated rings. The largest absolute Gasteiger partial charge is 0.493 e. The van der Waals surface area contributed by atoms with Crippen LogP contribution in [0.1, 0.15) is 37.8 Å². The van der Waals surface area contributed by atoms with E-state index in [4.69, 9.17) is 4.74 Å². The number of benzene rings is 1. The number of aliphatic imine (C=N–C) groups is 1. The van der Waals surface area contributed by atoms with Crippen LogP contribution in [0, 0.1) is 0 Å². The van der Waals surface area contributed by atoms with E-state index in [1.54, 1.807) is 0 Å². The zero-order valence-corrected chi connectivity index (χ0v) is 14.6. The molecule has 0 spiro atoms. The summed E-state index contributed by atoms with van der Waals surface area (Å²) in [6.45, 7) is 6.03. The van der Waals surface area contributed by atoms with E-state index in [0.29, 0.717) is 0 Å². The second kappa shape index (κ2) is 9.40. The van der Waals surface area contributed by atoms with Crippen molar-refractivity contribution in [2.24, 2.45) is 4.99 Å². The first-order chi connectivity index (χ1) is 11.2. The summed E-state index contributed by atoms with van der Waals surface area (Å²) >= 11 is 0. The summed E-state index contributed by atoms with van der Waals surface area (Å²) in [5.74, 6) is 1.83. The minimum atomic E-state index is 0.254. The molecular formula is C18H30N4O. The quantitative estimate of drug-likeness (QED) is 0.599. The highest BCUT2D eigenvalue weighted by atomic mass is 16.5. The number of nitrogens with one attached hydrogen (secondary N) is 2. The molecule has 0 saturated carbocycles. The molecule has 23 heavy (non-hydrogen) atoms. The molecule has 2 rings (SSSR count). The monoisotopic (exact) mass is 318 g/mol. The van der Waals surface area contributed by atoms with Crippen molar-refractivity contribution in [1.82, 2.24) is 15.5 Å². The van der Waals surface area contributed by atoms with Crippen molar-refractivity contribution in [2.45, 2.75) is 32.2 Å². The van der Waals surface area contributed by atoms with Gasteiger partial charge in [-0.3, -0.25) is 4.99 Å². The third-order valence-corrected chi connectivity index (χ3v) is 4.17. The highest BCUT2D eigenvalue weighted by Gasteiger charge is 2.21. The van der Waals surface area contributed by atoms with Gasteiger partial charge < -0.3 is 20.3 Å². The van der Waals surface area contributed by atoms with Gasteiger partial charge in [0.2, 0.25) is 0 Å². The van der Waals surface area contributed by atoms with Gasteiger partial charge in [-0.2, -0.15) is 0 Å². The van der Waals surface area contributed by atoms with Crippen LogP contribution < -0.4 is 15.4 Å². The molecule has 128 valence electrons. The average Bonchev–Trinajstić information content (AvgIpc) is 2.59. The molecule has 1 aliphatic rings. The van der Waals surface area contributed by atoms with Crippen molar-refractivity contribution in [3.8, 4) is 5.75 Å². The Morgan fingerprint density at radius 2 is 2.17 bits per heavy atom. The number of unbranched alkanes of at least 4 members (excludes halogenated alkanes) is 1. The first kappa shape index (κ1) is 17.6. The second-order valence-electron chi connectivity index (χ2n) is 6.03.